The Labute approximate surface area is 197 Å². The summed E-state index contributed by atoms with van der Waals surface area (Å²) in [4.78, 5) is 14.9. The van der Waals surface area contributed by atoms with E-state index in [1.165, 1.54) is 11.8 Å². The van der Waals surface area contributed by atoms with Gasteiger partial charge in [0.15, 0.2) is 16.6 Å². The number of aryl methyl sites for hydroxylation is 1. The van der Waals surface area contributed by atoms with E-state index >= 15 is 0 Å². The van der Waals surface area contributed by atoms with Gasteiger partial charge in [0.2, 0.25) is 5.91 Å². The second kappa shape index (κ2) is 9.35. The van der Waals surface area contributed by atoms with Gasteiger partial charge in [-0.3, -0.25) is 9.20 Å². The summed E-state index contributed by atoms with van der Waals surface area (Å²) in [5, 5.41) is 18.3. The van der Waals surface area contributed by atoms with Crippen LogP contribution in [0.3, 0.4) is 0 Å². The lowest BCUT2D eigenvalue weighted by Crippen LogP contribution is -2.39. The van der Waals surface area contributed by atoms with Crippen molar-refractivity contribution in [3.63, 3.8) is 0 Å². The van der Waals surface area contributed by atoms with Crippen LogP contribution in [0.1, 0.15) is 37.1 Å². The maximum Gasteiger partial charge on any atom is 0.233 e. The monoisotopic (exact) mass is 461 g/mol. The van der Waals surface area contributed by atoms with Gasteiger partial charge in [-0.05, 0) is 44.4 Å². The summed E-state index contributed by atoms with van der Waals surface area (Å²) in [6, 6.07) is 14.1. The molecule has 8 nitrogen and oxygen atoms in total. The number of pyridine rings is 1. The minimum atomic E-state index is 0.146. The van der Waals surface area contributed by atoms with E-state index in [0.29, 0.717) is 11.7 Å². The van der Waals surface area contributed by atoms with Crippen molar-refractivity contribution in [1.29, 1.82) is 0 Å². The molecule has 3 aromatic heterocycles. The normalized spacial score (nSPS) is 14.8. The van der Waals surface area contributed by atoms with E-state index in [2.05, 4.69) is 55.3 Å². The van der Waals surface area contributed by atoms with Crippen LogP contribution >= 0.6 is 11.8 Å². The number of fused-ring (bicyclic) bond motifs is 1. The van der Waals surface area contributed by atoms with Crippen molar-refractivity contribution in [2.75, 3.05) is 18.8 Å². The Morgan fingerprint density at radius 1 is 1.03 bits per heavy atom. The van der Waals surface area contributed by atoms with Crippen LogP contribution in [0, 0.1) is 6.92 Å². The maximum absolute atomic E-state index is 12.9. The number of nitrogens with zero attached hydrogens (tertiary/aromatic N) is 7. The van der Waals surface area contributed by atoms with Gasteiger partial charge in [0.05, 0.1) is 5.75 Å². The van der Waals surface area contributed by atoms with Gasteiger partial charge in [-0.15, -0.1) is 20.4 Å². The summed E-state index contributed by atoms with van der Waals surface area (Å²) >= 11 is 1.47. The topological polar surface area (TPSA) is 81.2 Å². The fourth-order valence-electron chi connectivity index (χ4n) is 4.45. The van der Waals surface area contributed by atoms with Crippen LogP contribution < -0.4 is 0 Å². The van der Waals surface area contributed by atoms with Gasteiger partial charge in [0.1, 0.15) is 5.82 Å². The number of carbonyl (C=O) groups is 1. The number of carbonyl (C=O) groups excluding carboxylic acids is 1. The molecule has 9 heteroatoms. The van der Waals surface area contributed by atoms with E-state index in [-0.39, 0.29) is 5.91 Å². The highest BCUT2D eigenvalue weighted by Crippen LogP contribution is 2.29. The molecule has 1 saturated heterocycles. The summed E-state index contributed by atoms with van der Waals surface area (Å²) in [6.07, 6.45) is 3.80. The van der Waals surface area contributed by atoms with Gasteiger partial charge in [0.25, 0.3) is 0 Å². The van der Waals surface area contributed by atoms with Crippen LogP contribution in [0.4, 0.5) is 0 Å². The van der Waals surface area contributed by atoms with Crippen LogP contribution in [0.5, 0.6) is 0 Å². The van der Waals surface area contributed by atoms with Crippen molar-refractivity contribution in [3.05, 3.63) is 60.0 Å². The van der Waals surface area contributed by atoms with Crippen molar-refractivity contribution < 1.29 is 4.79 Å². The Balaban J connectivity index is 1.21. The number of amides is 1. The number of hydrogen-bond donors (Lipinski definition) is 0. The Bertz CT molecular complexity index is 1270. The molecule has 4 aromatic rings. The molecule has 0 bridgehead atoms. The van der Waals surface area contributed by atoms with Gasteiger partial charge in [-0.25, -0.2) is 0 Å². The standard InChI is InChI=1S/C24H27N7OS/c1-3-30-23(19-9-5-4-8-17(19)2)27-28-24(30)33-16-21(32)29-14-11-18(12-15-29)22-26-25-20-10-6-7-13-31(20)22/h4-10,13,18H,3,11-12,14-16H2,1-2H3. The minimum absolute atomic E-state index is 0.146. The molecule has 1 amide bonds. The molecule has 0 saturated carbocycles. The number of aromatic nitrogens is 6. The van der Waals surface area contributed by atoms with Crippen LogP contribution in [0.15, 0.2) is 53.8 Å². The number of benzene rings is 1. The molecule has 0 unspecified atom stereocenters. The van der Waals surface area contributed by atoms with Crippen molar-refractivity contribution in [2.24, 2.45) is 0 Å². The summed E-state index contributed by atoms with van der Waals surface area (Å²) < 4.78 is 4.14. The van der Waals surface area contributed by atoms with E-state index in [1.54, 1.807) is 0 Å². The summed E-state index contributed by atoms with van der Waals surface area (Å²) in [5.41, 5.74) is 3.11. The van der Waals surface area contributed by atoms with Gasteiger partial charge in [0, 0.05) is 37.3 Å². The third kappa shape index (κ3) is 4.25. The van der Waals surface area contributed by atoms with Gasteiger partial charge < -0.3 is 9.47 Å². The molecule has 0 N–H and O–H groups in total. The van der Waals surface area contributed by atoms with Gasteiger partial charge in [-0.2, -0.15) is 0 Å². The zero-order valence-electron chi connectivity index (χ0n) is 18.9. The van der Waals surface area contributed by atoms with Gasteiger partial charge >= 0.3 is 0 Å². The van der Waals surface area contributed by atoms with E-state index in [4.69, 9.17) is 0 Å². The summed E-state index contributed by atoms with van der Waals surface area (Å²) in [5.74, 6) is 2.68. The van der Waals surface area contributed by atoms with Crippen LogP contribution in [-0.4, -0.2) is 59.0 Å². The molecule has 4 heterocycles. The average molecular weight is 462 g/mol. The number of hydrogen-bond acceptors (Lipinski definition) is 6. The number of likely N-dealkylation sites (tertiary alicyclic amines) is 1. The zero-order chi connectivity index (χ0) is 22.8. The molecule has 33 heavy (non-hydrogen) atoms. The third-order valence-electron chi connectivity index (χ3n) is 6.30. The summed E-state index contributed by atoms with van der Waals surface area (Å²) in [7, 11) is 0. The van der Waals surface area contributed by atoms with Crippen molar-refractivity contribution in [3.8, 4) is 11.4 Å². The highest BCUT2D eigenvalue weighted by Gasteiger charge is 2.27. The fourth-order valence-corrected chi connectivity index (χ4v) is 5.35. The van der Waals surface area contributed by atoms with Crippen LogP contribution in [-0.2, 0) is 11.3 Å². The van der Waals surface area contributed by atoms with E-state index in [1.807, 2.05) is 41.4 Å². The lowest BCUT2D eigenvalue weighted by molar-refractivity contribution is -0.129. The van der Waals surface area contributed by atoms with Crippen molar-refractivity contribution in [2.45, 2.75) is 44.3 Å². The molecule has 1 fully saturated rings. The van der Waals surface area contributed by atoms with E-state index < -0.39 is 0 Å². The predicted molar refractivity (Wildman–Crippen MR) is 128 cm³/mol. The van der Waals surface area contributed by atoms with E-state index in [0.717, 1.165) is 66.1 Å². The Kier molecular flexibility index (Phi) is 6.13. The number of piperidine rings is 1. The molecule has 1 aliphatic heterocycles. The Morgan fingerprint density at radius 3 is 2.61 bits per heavy atom. The molecule has 0 aliphatic carbocycles. The SMILES string of the molecule is CCn1c(SCC(=O)N2CCC(c3nnc4ccccn34)CC2)nnc1-c1ccccc1C. The molecule has 170 valence electrons. The first kappa shape index (κ1) is 21.6. The van der Waals surface area contributed by atoms with Crippen LogP contribution in [0.2, 0.25) is 0 Å². The minimum Gasteiger partial charge on any atom is -0.342 e. The van der Waals surface area contributed by atoms with Crippen LogP contribution in [0.25, 0.3) is 17.0 Å². The molecule has 0 radical (unpaired) electrons. The quantitative estimate of drug-likeness (QED) is 0.406. The Morgan fingerprint density at radius 2 is 1.82 bits per heavy atom. The zero-order valence-corrected chi connectivity index (χ0v) is 19.7. The third-order valence-corrected chi connectivity index (χ3v) is 7.25. The van der Waals surface area contributed by atoms with Crippen molar-refractivity contribution in [1.82, 2.24) is 34.3 Å². The number of thioether (sulfide) groups is 1. The average Bonchev–Trinajstić information content (AvgIpc) is 3.47. The Hall–Kier alpha value is -3.20. The lowest BCUT2D eigenvalue weighted by Gasteiger charge is -2.31. The highest BCUT2D eigenvalue weighted by atomic mass is 32.2. The number of rotatable bonds is 6. The maximum atomic E-state index is 12.9. The second-order valence-electron chi connectivity index (χ2n) is 8.30. The lowest BCUT2D eigenvalue weighted by atomic mass is 9.96. The van der Waals surface area contributed by atoms with Crippen molar-refractivity contribution >= 4 is 23.3 Å². The molecule has 1 aromatic carbocycles. The largest absolute Gasteiger partial charge is 0.342 e. The van der Waals surface area contributed by atoms with E-state index in [9.17, 15) is 4.79 Å². The van der Waals surface area contributed by atoms with Gasteiger partial charge in [-0.1, -0.05) is 42.1 Å². The highest BCUT2D eigenvalue weighted by molar-refractivity contribution is 7.99. The molecule has 0 spiro atoms. The molecule has 1 aliphatic rings. The smallest absolute Gasteiger partial charge is 0.233 e. The molecular formula is C24H27N7OS. The second-order valence-corrected chi connectivity index (χ2v) is 9.24. The first-order valence-corrected chi connectivity index (χ1v) is 12.3. The first-order chi connectivity index (χ1) is 16.2. The molecular weight excluding hydrogens is 434 g/mol. The molecule has 5 rings (SSSR count). The fraction of sp³-hybridized carbons (Fsp3) is 0.375. The summed E-state index contributed by atoms with van der Waals surface area (Å²) in [6.45, 7) is 6.38. The molecule has 0 atom stereocenters. The first-order valence-electron chi connectivity index (χ1n) is 11.3. The predicted octanol–water partition coefficient (Wildman–Crippen LogP) is 3.81.